The lowest BCUT2D eigenvalue weighted by atomic mass is 9.76. The van der Waals surface area contributed by atoms with Gasteiger partial charge in [-0.25, -0.2) is 8.78 Å². The van der Waals surface area contributed by atoms with E-state index < -0.39 is 59.6 Å². The zero-order valence-electron chi connectivity index (χ0n) is 33.1. The number of fused-ring (bicyclic) bond motifs is 4. The van der Waals surface area contributed by atoms with Crippen LogP contribution in [0, 0.1) is 11.8 Å². The number of nitrogens with two attached hydrogens (primary N) is 1. The summed E-state index contributed by atoms with van der Waals surface area (Å²) in [6, 6.07) is 9.44. The number of carbonyl (C=O) groups excluding carboxylic acids is 6. The number of nitrogens with one attached hydrogen (secondary N) is 3. The van der Waals surface area contributed by atoms with Gasteiger partial charge in [0.05, 0.1) is 12.1 Å². The van der Waals surface area contributed by atoms with Crippen molar-refractivity contribution in [2.75, 3.05) is 13.1 Å². The van der Waals surface area contributed by atoms with Crippen LogP contribution in [0.5, 0.6) is 0 Å². The molecule has 58 heavy (non-hydrogen) atoms. The summed E-state index contributed by atoms with van der Waals surface area (Å²) in [5.74, 6) is -6.15. The highest BCUT2D eigenvalue weighted by Gasteiger charge is 2.47. The van der Waals surface area contributed by atoms with Gasteiger partial charge in [0.1, 0.15) is 17.8 Å². The molecule has 1 aromatic heterocycles. The standard InChI is InChI=1S/C44H54F2N6O6/c1-44(45,46)29-14-15-32-28(22-29)24-34(48-32)40(55)50-35-23-27-12-6-7-13-30(27)36-17-18-37(52(36)43(35)58)41(56)49-33(16-19-39(47)54)38(53)25-31(26-10-4-2-5-11-26)42(57)51-20-8-3-9-21-51/h6-7,12-15,22,24,26,31,33,35-37,48H,2-5,8-11,16-21,23,25H2,1H3,(H2,47,54)(H,49,56)(H,50,55)/t31-,33-,35-,36+,37-/m0/s1. The normalized spacial score (nSPS) is 22.4. The van der Waals surface area contributed by atoms with Crippen molar-refractivity contribution in [3.05, 3.63) is 70.9 Å². The van der Waals surface area contributed by atoms with Gasteiger partial charge in [0.25, 0.3) is 11.8 Å². The second-order valence-corrected chi connectivity index (χ2v) is 16.8. The predicted molar refractivity (Wildman–Crippen MR) is 212 cm³/mol. The first-order chi connectivity index (χ1) is 27.8. The molecule has 3 fully saturated rings. The van der Waals surface area contributed by atoms with Crippen molar-refractivity contribution >= 4 is 46.2 Å². The third-order valence-electron chi connectivity index (χ3n) is 12.8. The Morgan fingerprint density at radius 3 is 2.38 bits per heavy atom. The number of aromatic nitrogens is 1. The van der Waals surface area contributed by atoms with Crippen LogP contribution in [-0.2, 0) is 36.3 Å². The average Bonchev–Trinajstić information content (AvgIpc) is 3.84. The van der Waals surface area contributed by atoms with E-state index >= 15 is 0 Å². The minimum Gasteiger partial charge on any atom is -0.370 e. The zero-order valence-corrected chi connectivity index (χ0v) is 33.1. The number of halogens is 2. The van der Waals surface area contributed by atoms with E-state index in [0.29, 0.717) is 36.8 Å². The Bertz CT molecular complexity index is 2050. The molecule has 2 saturated heterocycles. The molecule has 12 nitrogen and oxygen atoms in total. The Kier molecular flexibility index (Phi) is 12.3. The molecule has 1 saturated carbocycles. The van der Waals surface area contributed by atoms with Crippen LogP contribution in [0.1, 0.15) is 124 Å². The van der Waals surface area contributed by atoms with E-state index in [2.05, 4.69) is 15.6 Å². The molecule has 2 aromatic carbocycles. The topological polar surface area (TPSA) is 175 Å². The van der Waals surface area contributed by atoms with Crippen molar-refractivity contribution in [2.24, 2.45) is 17.6 Å². The fourth-order valence-corrected chi connectivity index (χ4v) is 9.66. The number of benzene rings is 2. The zero-order chi connectivity index (χ0) is 41.1. The van der Waals surface area contributed by atoms with Gasteiger partial charge in [-0.3, -0.25) is 28.8 Å². The Hall–Kier alpha value is -5.14. The lowest BCUT2D eigenvalue weighted by Crippen LogP contribution is -2.55. The maximum Gasteiger partial charge on any atom is 0.270 e. The SMILES string of the molecule is CC(F)(F)c1ccc2[nH]c(C(=O)N[C@H]3Cc4ccccc4[C@H]4CC[C@@H](C(=O)N[C@@H](CCC(N)=O)C(=O)C[C@H](C(=O)N5CCCCC5)C5CCCCC5)N4C3=O)cc2c1. The molecule has 310 valence electrons. The number of hydrogen-bond donors (Lipinski definition) is 4. The van der Waals surface area contributed by atoms with Crippen molar-refractivity contribution in [2.45, 2.75) is 127 Å². The third kappa shape index (κ3) is 8.95. The average molecular weight is 801 g/mol. The molecule has 4 aliphatic rings. The number of Topliss-reactive ketones (excluding diaryl/α,β-unsaturated/α-hetero) is 1. The highest BCUT2D eigenvalue weighted by atomic mass is 19.3. The number of amides is 5. The van der Waals surface area contributed by atoms with E-state index in [9.17, 15) is 37.5 Å². The molecular weight excluding hydrogens is 747 g/mol. The second-order valence-electron chi connectivity index (χ2n) is 16.8. The van der Waals surface area contributed by atoms with Gasteiger partial charge < -0.3 is 31.2 Å². The van der Waals surface area contributed by atoms with Gasteiger partial charge in [-0.1, -0.05) is 49.6 Å². The molecular formula is C44H54F2N6O6. The Morgan fingerprint density at radius 2 is 1.66 bits per heavy atom. The monoisotopic (exact) mass is 800 g/mol. The van der Waals surface area contributed by atoms with Crippen LogP contribution in [0.4, 0.5) is 8.78 Å². The number of piperidine rings is 1. The first kappa shape index (κ1) is 41.0. The smallest absolute Gasteiger partial charge is 0.270 e. The van der Waals surface area contributed by atoms with E-state index in [0.717, 1.165) is 69.4 Å². The molecule has 5 N–H and O–H groups in total. The molecule has 0 unspecified atom stereocenters. The van der Waals surface area contributed by atoms with Crippen molar-refractivity contribution in [1.82, 2.24) is 25.4 Å². The largest absolute Gasteiger partial charge is 0.370 e. The molecule has 5 amide bonds. The first-order valence-electron chi connectivity index (χ1n) is 20.9. The molecule has 3 aliphatic heterocycles. The van der Waals surface area contributed by atoms with Gasteiger partial charge in [-0.15, -0.1) is 0 Å². The number of primary amides is 1. The lowest BCUT2D eigenvalue weighted by molar-refractivity contribution is -0.143. The van der Waals surface area contributed by atoms with Crippen molar-refractivity contribution in [1.29, 1.82) is 0 Å². The molecule has 4 heterocycles. The minimum atomic E-state index is -3.07. The van der Waals surface area contributed by atoms with Gasteiger partial charge in [-0.05, 0) is 86.6 Å². The number of aromatic amines is 1. The summed E-state index contributed by atoms with van der Waals surface area (Å²) in [5.41, 5.74) is 7.59. The van der Waals surface area contributed by atoms with Crippen molar-refractivity contribution < 1.29 is 37.5 Å². The maximum atomic E-state index is 14.6. The summed E-state index contributed by atoms with van der Waals surface area (Å²) >= 11 is 0. The highest BCUT2D eigenvalue weighted by Crippen LogP contribution is 2.41. The summed E-state index contributed by atoms with van der Waals surface area (Å²) in [6.07, 6.45) is 8.35. The molecule has 0 spiro atoms. The second kappa shape index (κ2) is 17.4. The van der Waals surface area contributed by atoms with Gasteiger partial charge >= 0.3 is 0 Å². The fourth-order valence-electron chi connectivity index (χ4n) is 9.66. The van der Waals surface area contributed by atoms with Gasteiger partial charge in [0.15, 0.2) is 5.78 Å². The third-order valence-corrected chi connectivity index (χ3v) is 12.8. The molecule has 14 heteroatoms. The number of nitrogens with zero attached hydrogens (tertiary/aromatic N) is 2. The fraction of sp³-hybridized carbons (Fsp3) is 0.545. The molecule has 5 atom stereocenters. The highest BCUT2D eigenvalue weighted by molar-refractivity contribution is 6.01. The summed E-state index contributed by atoms with van der Waals surface area (Å²) < 4.78 is 28.1. The molecule has 7 rings (SSSR count). The number of alkyl halides is 2. The number of likely N-dealkylation sites (tertiary alicyclic amines) is 1. The number of ketones is 1. The Morgan fingerprint density at radius 1 is 0.931 bits per heavy atom. The number of H-pyrrole nitrogens is 1. The van der Waals surface area contributed by atoms with Crippen LogP contribution < -0.4 is 16.4 Å². The van der Waals surface area contributed by atoms with Crippen molar-refractivity contribution in [3.63, 3.8) is 0 Å². The van der Waals surface area contributed by atoms with Crippen LogP contribution >= 0.6 is 0 Å². The van der Waals surface area contributed by atoms with Crippen LogP contribution in [0.2, 0.25) is 0 Å². The summed E-state index contributed by atoms with van der Waals surface area (Å²) in [6.45, 7) is 2.13. The van der Waals surface area contributed by atoms with Gasteiger partial charge in [0.2, 0.25) is 23.6 Å². The quantitative estimate of drug-likeness (QED) is 0.176. The van der Waals surface area contributed by atoms with Gasteiger partial charge in [-0.2, -0.15) is 0 Å². The van der Waals surface area contributed by atoms with E-state index in [1.807, 2.05) is 29.2 Å². The number of hydrogen-bond acceptors (Lipinski definition) is 6. The summed E-state index contributed by atoms with van der Waals surface area (Å²) in [4.78, 5) is 89.2. The van der Waals surface area contributed by atoms with E-state index in [1.54, 1.807) is 0 Å². The van der Waals surface area contributed by atoms with E-state index in [-0.39, 0.29) is 54.5 Å². The molecule has 1 aliphatic carbocycles. The Balaban J connectivity index is 1.11. The maximum absolute atomic E-state index is 14.6. The molecule has 0 radical (unpaired) electrons. The Labute approximate surface area is 337 Å². The molecule has 0 bridgehead atoms. The lowest BCUT2D eigenvalue weighted by Gasteiger charge is -2.36. The molecule has 3 aromatic rings. The van der Waals surface area contributed by atoms with Crippen LogP contribution in [0.15, 0.2) is 48.5 Å². The van der Waals surface area contributed by atoms with Crippen molar-refractivity contribution in [3.8, 4) is 0 Å². The minimum absolute atomic E-state index is 0.0137. The predicted octanol–water partition coefficient (Wildman–Crippen LogP) is 5.58. The van der Waals surface area contributed by atoms with Crippen LogP contribution in [-0.4, -0.2) is 81.3 Å². The summed E-state index contributed by atoms with van der Waals surface area (Å²) in [7, 11) is 0. The summed E-state index contributed by atoms with van der Waals surface area (Å²) in [5, 5.41) is 6.15. The van der Waals surface area contributed by atoms with Crippen LogP contribution in [0.3, 0.4) is 0 Å². The first-order valence-corrected chi connectivity index (χ1v) is 20.9. The van der Waals surface area contributed by atoms with E-state index in [1.165, 1.54) is 29.2 Å². The van der Waals surface area contributed by atoms with E-state index in [4.69, 9.17) is 5.73 Å². The van der Waals surface area contributed by atoms with Gasteiger partial charge in [0, 0.05) is 61.7 Å². The number of carbonyl (C=O) groups is 6. The van der Waals surface area contributed by atoms with Crippen LogP contribution in [0.25, 0.3) is 10.9 Å². The number of rotatable bonds is 13.